The first-order valence-electron chi connectivity index (χ1n) is 19.1. The van der Waals surface area contributed by atoms with Gasteiger partial charge in [-0.1, -0.05) is 44.2 Å². The van der Waals surface area contributed by atoms with Crippen molar-refractivity contribution in [1.82, 2.24) is 36.8 Å². The second-order valence-electron chi connectivity index (χ2n) is 14.6. The Balaban J connectivity index is 2.26. The average molecular weight is 864 g/mol. The van der Waals surface area contributed by atoms with E-state index in [4.69, 9.17) is 16.6 Å². The topological polar surface area (TPSA) is 396 Å². The van der Waals surface area contributed by atoms with Crippen LogP contribution in [0.5, 0.6) is 0 Å². The van der Waals surface area contributed by atoms with Crippen molar-refractivity contribution in [3.05, 3.63) is 35.9 Å². The van der Waals surface area contributed by atoms with Gasteiger partial charge < -0.3 is 68.7 Å². The molecule has 14 N–H and O–H groups in total. The number of nitrogens with one attached hydrogen (secondary N) is 6. The highest BCUT2D eigenvalue weighted by Gasteiger charge is 2.39. The lowest BCUT2D eigenvalue weighted by Crippen LogP contribution is -2.59. The monoisotopic (exact) mass is 863 g/mol. The summed E-state index contributed by atoms with van der Waals surface area (Å²) in [5, 5.41) is 51.0. The lowest BCUT2D eigenvalue weighted by atomic mass is 10.0. The van der Waals surface area contributed by atoms with Crippen molar-refractivity contribution in [2.75, 3.05) is 19.7 Å². The molecule has 0 bridgehead atoms. The first-order valence-corrected chi connectivity index (χ1v) is 19.1. The number of nitrogens with zero attached hydrogens (tertiary/aromatic N) is 1. The summed E-state index contributed by atoms with van der Waals surface area (Å²) in [6, 6.07) is -2.64. The summed E-state index contributed by atoms with van der Waals surface area (Å²) in [7, 11) is 0. The number of likely N-dealkylation sites (tertiary alicyclic amines) is 1. The summed E-state index contributed by atoms with van der Waals surface area (Å²) in [4.78, 5) is 140. The van der Waals surface area contributed by atoms with Gasteiger partial charge in [0.1, 0.15) is 42.3 Å². The molecule has 1 aromatic carbocycles. The number of aliphatic carboxylic acids is 3. The van der Waals surface area contributed by atoms with Crippen LogP contribution in [-0.4, -0.2) is 152 Å². The Kier molecular flexibility index (Phi) is 20.2. The van der Waals surface area contributed by atoms with Gasteiger partial charge in [-0.2, -0.15) is 0 Å². The molecule has 61 heavy (non-hydrogen) atoms. The second kappa shape index (κ2) is 24.4. The van der Waals surface area contributed by atoms with Gasteiger partial charge in [-0.3, -0.25) is 47.9 Å². The summed E-state index contributed by atoms with van der Waals surface area (Å²) >= 11 is 0. The van der Waals surface area contributed by atoms with Gasteiger partial charge in [0.2, 0.25) is 47.3 Å². The maximum atomic E-state index is 13.8. The molecule has 2 rings (SSSR count). The summed E-state index contributed by atoms with van der Waals surface area (Å²) in [5.74, 6) is -13.0. The first-order chi connectivity index (χ1) is 28.6. The predicted octanol–water partition coefficient (Wildman–Crippen LogP) is -4.96. The lowest BCUT2D eigenvalue weighted by Gasteiger charge is -2.29. The van der Waals surface area contributed by atoms with Crippen LogP contribution in [0, 0.1) is 5.92 Å². The van der Waals surface area contributed by atoms with Crippen molar-refractivity contribution >= 4 is 65.2 Å². The van der Waals surface area contributed by atoms with Gasteiger partial charge in [0.05, 0.1) is 32.4 Å². The Hall–Kier alpha value is -6.69. The molecule has 24 nitrogen and oxygen atoms in total. The van der Waals surface area contributed by atoms with E-state index in [-0.39, 0.29) is 31.7 Å². The minimum atomic E-state index is -1.82. The van der Waals surface area contributed by atoms with E-state index in [2.05, 4.69) is 26.6 Å². The number of aliphatic hydroxyl groups excluding tert-OH is 1. The van der Waals surface area contributed by atoms with Crippen LogP contribution in [0.3, 0.4) is 0 Å². The number of carboxylic acid groups (broad SMARTS) is 3. The highest BCUT2D eigenvalue weighted by molar-refractivity contribution is 5.99. The van der Waals surface area contributed by atoms with Gasteiger partial charge in [0.25, 0.3) is 0 Å². The average Bonchev–Trinajstić information content (AvgIpc) is 3.68. The normalized spacial score (nSPS) is 16.3. The molecule has 1 fully saturated rings. The van der Waals surface area contributed by atoms with Crippen molar-refractivity contribution < 1.29 is 73.2 Å². The van der Waals surface area contributed by atoms with Crippen molar-refractivity contribution in [1.29, 1.82) is 0 Å². The molecule has 0 spiro atoms. The summed E-state index contributed by atoms with van der Waals surface area (Å²) in [6.07, 6.45) is -2.49. The molecule has 0 unspecified atom stereocenters. The van der Waals surface area contributed by atoms with Crippen molar-refractivity contribution in [3.8, 4) is 0 Å². The van der Waals surface area contributed by atoms with Crippen LogP contribution >= 0.6 is 0 Å². The predicted molar refractivity (Wildman–Crippen MR) is 208 cm³/mol. The molecule has 1 saturated heterocycles. The number of carbonyl (C=O) groups is 11. The van der Waals surface area contributed by atoms with E-state index in [1.54, 1.807) is 44.2 Å². The van der Waals surface area contributed by atoms with E-state index < -0.39 is 140 Å². The zero-order valence-electron chi connectivity index (χ0n) is 33.5. The van der Waals surface area contributed by atoms with Crippen molar-refractivity contribution in [3.63, 3.8) is 0 Å². The summed E-state index contributed by atoms with van der Waals surface area (Å²) < 4.78 is 0. The molecule has 336 valence electrons. The van der Waals surface area contributed by atoms with Crippen LogP contribution in [-0.2, 0) is 59.2 Å². The second-order valence-corrected chi connectivity index (χ2v) is 14.6. The smallest absolute Gasteiger partial charge is 0.326 e. The fourth-order valence-corrected chi connectivity index (χ4v) is 6.13. The molecule has 1 heterocycles. The number of benzene rings is 1. The third kappa shape index (κ3) is 17.2. The third-order valence-electron chi connectivity index (χ3n) is 9.10. The number of primary amides is 1. The zero-order valence-corrected chi connectivity index (χ0v) is 33.5. The largest absolute Gasteiger partial charge is 0.481 e. The summed E-state index contributed by atoms with van der Waals surface area (Å²) in [5.41, 5.74) is 11.2. The van der Waals surface area contributed by atoms with Gasteiger partial charge in [-0.15, -0.1) is 0 Å². The number of nitrogens with two attached hydrogens (primary N) is 2. The van der Waals surface area contributed by atoms with Crippen LogP contribution in [0.1, 0.15) is 57.9 Å². The lowest BCUT2D eigenvalue weighted by molar-refractivity contribution is -0.150. The van der Waals surface area contributed by atoms with Crippen LogP contribution in [0.25, 0.3) is 0 Å². The maximum absolute atomic E-state index is 13.8. The molecule has 0 aromatic heterocycles. The SMILES string of the molecule is CC(C)C[C@H](NC(=O)CNC(=O)[C@H](CC(N)=O)NC(=O)[C@H](CC(=O)O)NC(=O)[C@@H](N)CO)C(=O)N[C@@H](Cc1ccccc1)C(=O)N[C@@H](CC(=O)O)C(=O)N1CCC[C@H]1C(=O)O. The molecule has 1 aromatic rings. The molecule has 0 aliphatic carbocycles. The first kappa shape index (κ1) is 50.5. The quantitative estimate of drug-likeness (QED) is 0.0438. The van der Waals surface area contributed by atoms with Crippen LogP contribution in [0.4, 0.5) is 0 Å². The zero-order chi connectivity index (χ0) is 46.0. The Morgan fingerprint density at radius 2 is 1.23 bits per heavy atom. The number of carbonyl (C=O) groups excluding carboxylic acids is 8. The van der Waals surface area contributed by atoms with E-state index >= 15 is 0 Å². The maximum Gasteiger partial charge on any atom is 0.326 e. The van der Waals surface area contributed by atoms with Crippen LogP contribution in [0.2, 0.25) is 0 Å². The van der Waals surface area contributed by atoms with Gasteiger partial charge in [-0.25, -0.2) is 4.79 Å². The van der Waals surface area contributed by atoms with E-state index in [1.165, 1.54) is 0 Å². The molecule has 8 amide bonds. The number of rotatable bonds is 25. The van der Waals surface area contributed by atoms with Crippen molar-refractivity contribution in [2.24, 2.45) is 17.4 Å². The summed E-state index contributed by atoms with van der Waals surface area (Å²) in [6.45, 7) is 1.73. The number of carboxylic acids is 3. The molecule has 7 atom stereocenters. The van der Waals surface area contributed by atoms with E-state index in [9.17, 15) is 68.1 Å². The Labute approximate surface area is 348 Å². The fraction of sp³-hybridized carbons (Fsp3) is 0.541. The standard InChI is InChI=1S/C37H53N9O15/c1-18(2)11-21(41-28(49)16-40-32(55)23(13-27(39)48)44-35(58)24(14-29(50)51)42-31(54)20(38)17-47)33(56)43-22(12-19-7-4-3-5-8-19)34(57)45-25(15-30(52)53)36(59)46-10-6-9-26(46)37(60)61/h3-5,7-8,18,20-26,47H,6,9-17,38H2,1-2H3,(H2,39,48)(H,40,55)(H,41,49)(H,42,54)(H,43,56)(H,44,58)(H,45,57)(H,50,51)(H,52,53)(H,60,61)/t20-,21-,22-,23-,24-,25-,26-/m0/s1. The third-order valence-corrected chi connectivity index (χ3v) is 9.10. The number of hydrogen-bond acceptors (Lipinski definition) is 13. The molecule has 0 radical (unpaired) electrons. The van der Waals surface area contributed by atoms with E-state index in [1.807, 2.05) is 5.32 Å². The van der Waals surface area contributed by atoms with Crippen LogP contribution < -0.4 is 43.4 Å². The Morgan fingerprint density at radius 3 is 1.79 bits per heavy atom. The highest BCUT2D eigenvalue weighted by atomic mass is 16.4. The minimum absolute atomic E-state index is 0.0120. The Morgan fingerprint density at radius 1 is 0.705 bits per heavy atom. The molecule has 24 heteroatoms. The number of amides is 8. The van der Waals surface area contributed by atoms with Gasteiger partial charge in [0, 0.05) is 13.0 Å². The molecule has 1 aliphatic rings. The fourth-order valence-electron chi connectivity index (χ4n) is 6.13. The van der Waals surface area contributed by atoms with Crippen LogP contribution in [0.15, 0.2) is 30.3 Å². The minimum Gasteiger partial charge on any atom is -0.481 e. The van der Waals surface area contributed by atoms with E-state index in [0.29, 0.717) is 12.0 Å². The molecule has 1 aliphatic heterocycles. The highest BCUT2D eigenvalue weighted by Crippen LogP contribution is 2.19. The molecule has 0 saturated carbocycles. The number of hydrogen-bond donors (Lipinski definition) is 12. The van der Waals surface area contributed by atoms with Crippen molar-refractivity contribution in [2.45, 2.75) is 101 Å². The van der Waals surface area contributed by atoms with Gasteiger partial charge >= 0.3 is 17.9 Å². The molecular weight excluding hydrogens is 810 g/mol. The van der Waals surface area contributed by atoms with E-state index in [0.717, 1.165) is 4.90 Å². The Bertz CT molecular complexity index is 1800. The van der Waals surface area contributed by atoms with Gasteiger partial charge in [-0.05, 0) is 30.7 Å². The number of aliphatic hydroxyl groups is 1. The van der Waals surface area contributed by atoms with Gasteiger partial charge in [0.15, 0.2) is 0 Å². The molecular formula is C37H53N9O15.